The minimum absolute atomic E-state index is 0.0985. The summed E-state index contributed by atoms with van der Waals surface area (Å²) in [6, 6.07) is 2.24. The van der Waals surface area contributed by atoms with Crippen molar-refractivity contribution in [2.24, 2.45) is 0 Å². The zero-order chi connectivity index (χ0) is 7.56. The van der Waals surface area contributed by atoms with E-state index in [1.807, 2.05) is 0 Å². The Kier molecular flexibility index (Phi) is 2.08. The van der Waals surface area contributed by atoms with Gasteiger partial charge in [0.2, 0.25) is 5.95 Å². The summed E-state index contributed by atoms with van der Waals surface area (Å²) in [5.41, 5.74) is 0. The molecule has 1 rings (SSSR count). The molecule has 10 heavy (non-hydrogen) atoms. The molecule has 1 N–H and O–H groups in total. The lowest BCUT2D eigenvalue weighted by Crippen LogP contribution is -1.90. The predicted octanol–water partition coefficient (Wildman–Crippen LogP) is 0.801. The molecule has 0 fully saturated rings. The van der Waals surface area contributed by atoms with Crippen LogP contribution in [0.25, 0.3) is 0 Å². The topological polar surface area (TPSA) is 50.2 Å². The Labute approximate surface area is 59.2 Å². The van der Waals surface area contributed by atoms with Crippen LogP contribution < -0.4 is 0 Å². The van der Waals surface area contributed by atoms with Crippen LogP contribution in [0.2, 0.25) is 0 Å². The van der Waals surface area contributed by atoms with Crippen molar-refractivity contribution in [1.29, 1.82) is 0 Å². The zero-order valence-electron chi connectivity index (χ0n) is 4.82. The van der Waals surface area contributed by atoms with Crippen LogP contribution in [0.4, 0.5) is 4.39 Å². The monoisotopic (exact) mass is 161 g/mol. The highest BCUT2D eigenvalue weighted by molar-refractivity contribution is 7.79. The molecular formula is C5H4FNO2S. The first kappa shape index (κ1) is 7.30. The average Bonchev–Trinajstić information content (AvgIpc) is 1.88. The molecule has 1 unspecified atom stereocenters. The molecule has 0 aliphatic rings. The highest BCUT2D eigenvalue weighted by Gasteiger charge is 1.98. The first-order valence-electron chi connectivity index (χ1n) is 2.42. The molecule has 0 aliphatic carbocycles. The van der Waals surface area contributed by atoms with E-state index in [4.69, 9.17) is 4.55 Å². The maximum Gasteiger partial charge on any atom is 0.212 e. The maximum absolute atomic E-state index is 12.1. The molecule has 0 saturated heterocycles. The van der Waals surface area contributed by atoms with E-state index >= 15 is 0 Å². The summed E-state index contributed by atoms with van der Waals surface area (Å²) in [7, 11) is 0. The van der Waals surface area contributed by atoms with Crippen molar-refractivity contribution in [2.75, 3.05) is 0 Å². The minimum Gasteiger partial charge on any atom is -0.302 e. The summed E-state index contributed by atoms with van der Waals surface area (Å²) in [6.07, 6.45) is 1.02. The molecular weight excluding hydrogens is 157 g/mol. The van der Waals surface area contributed by atoms with Crippen molar-refractivity contribution < 1.29 is 13.2 Å². The van der Waals surface area contributed by atoms with Crippen molar-refractivity contribution in [3.05, 3.63) is 24.3 Å². The van der Waals surface area contributed by atoms with Crippen molar-refractivity contribution >= 4 is 11.1 Å². The average molecular weight is 161 g/mol. The third kappa shape index (κ3) is 1.58. The van der Waals surface area contributed by atoms with Gasteiger partial charge in [-0.25, -0.2) is 9.19 Å². The molecule has 3 nitrogen and oxygen atoms in total. The van der Waals surface area contributed by atoms with E-state index in [1.165, 1.54) is 6.07 Å². The van der Waals surface area contributed by atoms with Gasteiger partial charge >= 0.3 is 0 Å². The van der Waals surface area contributed by atoms with Crippen LogP contribution in [0.15, 0.2) is 23.2 Å². The lowest BCUT2D eigenvalue weighted by atomic mass is 10.5. The second kappa shape index (κ2) is 2.85. The summed E-state index contributed by atoms with van der Waals surface area (Å²) >= 11 is -2.07. The van der Waals surface area contributed by atoms with E-state index in [2.05, 4.69) is 4.98 Å². The number of halogens is 1. The lowest BCUT2D eigenvalue weighted by molar-refractivity contribution is 0.559. The third-order valence-corrected chi connectivity index (χ3v) is 1.55. The molecule has 0 aromatic carbocycles. The van der Waals surface area contributed by atoms with Gasteiger partial charge in [0.05, 0.1) is 4.90 Å². The van der Waals surface area contributed by atoms with Gasteiger partial charge in [0.1, 0.15) is 0 Å². The largest absolute Gasteiger partial charge is 0.302 e. The lowest BCUT2D eigenvalue weighted by Gasteiger charge is -1.90. The van der Waals surface area contributed by atoms with E-state index in [9.17, 15) is 8.60 Å². The standard InChI is InChI=1S/C5H4FNO2S/c6-5-2-1-4(3-7-5)10(8)9/h1-3H,(H,8,9). The number of aromatic nitrogens is 1. The number of hydrogen-bond acceptors (Lipinski definition) is 2. The van der Waals surface area contributed by atoms with Gasteiger partial charge in [-0.15, -0.1) is 0 Å². The fourth-order valence-electron chi connectivity index (χ4n) is 0.466. The second-order valence-electron chi connectivity index (χ2n) is 1.57. The summed E-state index contributed by atoms with van der Waals surface area (Å²) in [5.74, 6) is -0.658. The number of pyridine rings is 1. The highest BCUT2D eigenvalue weighted by Crippen LogP contribution is 2.01. The molecule has 54 valence electrons. The quantitative estimate of drug-likeness (QED) is 0.489. The van der Waals surface area contributed by atoms with Crippen molar-refractivity contribution in [3.63, 3.8) is 0 Å². The molecule has 5 heteroatoms. The summed E-state index contributed by atoms with van der Waals surface area (Å²) < 4.78 is 30.7. The summed E-state index contributed by atoms with van der Waals surface area (Å²) in [6.45, 7) is 0. The van der Waals surface area contributed by atoms with E-state index in [1.54, 1.807) is 0 Å². The Morgan fingerprint density at radius 2 is 2.30 bits per heavy atom. The Bertz CT molecular complexity index is 248. The van der Waals surface area contributed by atoms with Gasteiger partial charge in [-0.1, -0.05) is 0 Å². The van der Waals surface area contributed by atoms with Crippen molar-refractivity contribution in [2.45, 2.75) is 4.90 Å². The molecule has 0 aliphatic heterocycles. The van der Waals surface area contributed by atoms with Crippen molar-refractivity contribution in [3.8, 4) is 0 Å². The van der Waals surface area contributed by atoms with Gasteiger partial charge in [-0.3, -0.25) is 0 Å². The Hall–Kier alpha value is -0.810. The summed E-state index contributed by atoms with van der Waals surface area (Å²) in [5, 5.41) is 0. The maximum atomic E-state index is 12.1. The van der Waals surface area contributed by atoms with E-state index < -0.39 is 17.0 Å². The SMILES string of the molecule is O=S(O)c1ccc(F)nc1. The zero-order valence-corrected chi connectivity index (χ0v) is 5.64. The molecule has 1 heterocycles. The number of nitrogens with zero attached hydrogens (tertiary/aromatic N) is 1. The van der Waals surface area contributed by atoms with Gasteiger partial charge in [0, 0.05) is 6.20 Å². The Balaban J connectivity index is 3.00. The van der Waals surface area contributed by atoms with Gasteiger partial charge in [-0.05, 0) is 12.1 Å². The Morgan fingerprint density at radius 3 is 2.70 bits per heavy atom. The normalized spacial score (nSPS) is 13.0. The second-order valence-corrected chi connectivity index (χ2v) is 2.54. The van der Waals surface area contributed by atoms with Crippen molar-refractivity contribution in [1.82, 2.24) is 4.98 Å². The molecule has 1 aromatic heterocycles. The predicted molar refractivity (Wildman–Crippen MR) is 33.2 cm³/mol. The number of hydrogen-bond donors (Lipinski definition) is 1. The molecule has 0 saturated carbocycles. The first-order chi connectivity index (χ1) is 4.70. The molecule has 1 atom stereocenters. The van der Waals surface area contributed by atoms with Crippen LogP contribution in [-0.4, -0.2) is 13.7 Å². The van der Waals surface area contributed by atoms with Crippen LogP contribution in [0, 0.1) is 5.95 Å². The molecule has 0 bridgehead atoms. The number of rotatable bonds is 1. The van der Waals surface area contributed by atoms with Crippen LogP contribution in [0.1, 0.15) is 0 Å². The molecule has 1 aromatic rings. The fourth-order valence-corrected chi connectivity index (χ4v) is 0.793. The van der Waals surface area contributed by atoms with E-state index in [0.717, 1.165) is 12.3 Å². The highest BCUT2D eigenvalue weighted by atomic mass is 32.2. The van der Waals surface area contributed by atoms with Crippen LogP contribution in [-0.2, 0) is 11.1 Å². The third-order valence-electron chi connectivity index (χ3n) is 0.902. The van der Waals surface area contributed by atoms with Gasteiger partial charge in [0.15, 0.2) is 11.1 Å². The van der Waals surface area contributed by atoms with Crippen LogP contribution in [0.5, 0.6) is 0 Å². The minimum atomic E-state index is -2.07. The molecule has 0 spiro atoms. The fraction of sp³-hybridized carbons (Fsp3) is 0. The van der Waals surface area contributed by atoms with Gasteiger partial charge in [0.25, 0.3) is 0 Å². The van der Waals surface area contributed by atoms with Crippen LogP contribution >= 0.6 is 0 Å². The molecule has 0 amide bonds. The smallest absolute Gasteiger partial charge is 0.212 e. The molecule has 0 radical (unpaired) electrons. The summed E-state index contributed by atoms with van der Waals surface area (Å²) in [4.78, 5) is 3.28. The van der Waals surface area contributed by atoms with E-state index in [-0.39, 0.29) is 4.90 Å². The van der Waals surface area contributed by atoms with Gasteiger partial charge in [-0.2, -0.15) is 4.39 Å². The van der Waals surface area contributed by atoms with Crippen LogP contribution in [0.3, 0.4) is 0 Å². The van der Waals surface area contributed by atoms with Gasteiger partial charge < -0.3 is 4.55 Å². The van der Waals surface area contributed by atoms with E-state index in [0.29, 0.717) is 0 Å². The Morgan fingerprint density at radius 1 is 1.60 bits per heavy atom. The first-order valence-corrected chi connectivity index (χ1v) is 3.53.